The number of hydrogen-bond donors (Lipinski definition) is 0. The maximum atomic E-state index is 12.6. The van der Waals surface area contributed by atoms with Crippen LogP contribution in [-0.2, 0) is 9.53 Å². The highest BCUT2D eigenvalue weighted by atomic mass is 32.2. The molecule has 152 valence electrons. The molecule has 1 aromatic carbocycles. The minimum Gasteiger partial charge on any atom is -0.462 e. The molecule has 0 amide bonds. The van der Waals surface area contributed by atoms with Crippen molar-refractivity contribution in [2.24, 2.45) is 0 Å². The average Bonchev–Trinajstić information content (AvgIpc) is 3.16. The average molecular weight is 427 g/mol. The van der Waals surface area contributed by atoms with Crippen LogP contribution in [0.4, 0.5) is 0 Å². The van der Waals surface area contributed by atoms with E-state index in [0.29, 0.717) is 0 Å². The number of aromatic nitrogens is 2. The molecule has 2 heterocycles. The molecule has 0 bridgehead atoms. The van der Waals surface area contributed by atoms with E-state index in [2.05, 4.69) is 47.4 Å². The van der Waals surface area contributed by atoms with Crippen molar-refractivity contribution in [3.63, 3.8) is 0 Å². The van der Waals surface area contributed by atoms with E-state index in [9.17, 15) is 4.79 Å². The van der Waals surface area contributed by atoms with Gasteiger partial charge in [0.25, 0.3) is 0 Å². The number of benzene rings is 1. The fourth-order valence-corrected chi connectivity index (χ4v) is 5.62. The van der Waals surface area contributed by atoms with Gasteiger partial charge in [0.05, 0.1) is 5.39 Å². The van der Waals surface area contributed by atoms with Crippen molar-refractivity contribution < 1.29 is 9.53 Å². The summed E-state index contributed by atoms with van der Waals surface area (Å²) in [7, 11) is 0. The first kappa shape index (κ1) is 20.4. The molecular formula is C23H26N2O2S2. The number of aryl methyl sites for hydroxylation is 2. The molecule has 4 rings (SSSR count). The molecule has 1 fully saturated rings. The zero-order chi connectivity index (χ0) is 20.4. The van der Waals surface area contributed by atoms with Crippen LogP contribution in [0.15, 0.2) is 34.9 Å². The van der Waals surface area contributed by atoms with Gasteiger partial charge in [-0.15, -0.1) is 11.3 Å². The monoisotopic (exact) mass is 426 g/mol. The third-order valence-electron chi connectivity index (χ3n) is 5.61. The molecular weight excluding hydrogens is 400 g/mol. The summed E-state index contributed by atoms with van der Waals surface area (Å²) in [5.74, 6) is -0.142. The summed E-state index contributed by atoms with van der Waals surface area (Å²) in [6, 6.07) is 6.50. The van der Waals surface area contributed by atoms with Gasteiger partial charge in [-0.3, -0.25) is 4.79 Å². The molecule has 4 nitrogen and oxygen atoms in total. The topological polar surface area (TPSA) is 52.1 Å². The largest absolute Gasteiger partial charge is 0.462 e. The van der Waals surface area contributed by atoms with Gasteiger partial charge < -0.3 is 4.74 Å². The van der Waals surface area contributed by atoms with Gasteiger partial charge in [-0.05, 0) is 63.1 Å². The Hall–Kier alpha value is -1.92. The van der Waals surface area contributed by atoms with Crippen LogP contribution in [0.2, 0.25) is 0 Å². The lowest BCUT2D eigenvalue weighted by atomic mass is 9.98. The SMILES string of the molecule is Cc1ccc(-c2csc3ncnc(SC(C)C(=O)OC4CCCCC4)c23)cc1C. The fourth-order valence-electron chi connectivity index (χ4n) is 3.72. The smallest absolute Gasteiger partial charge is 0.319 e. The Balaban J connectivity index is 1.59. The van der Waals surface area contributed by atoms with Crippen LogP contribution in [0.25, 0.3) is 21.3 Å². The minimum absolute atomic E-state index is 0.0805. The zero-order valence-corrected chi connectivity index (χ0v) is 18.7. The molecule has 1 saturated carbocycles. The van der Waals surface area contributed by atoms with Gasteiger partial charge in [0.15, 0.2) is 0 Å². The van der Waals surface area contributed by atoms with Crippen LogP contribution in [-0.4, -0.2) is 27.3 Å². The third-order valence-corrected chi connectivity index (χ3v) is 7.57. The lowest BCUT2D eigenvalue weighted by Crippen LogP contribution is -2.26. The number of thioether (sulfide) groups is 1. The van der Waals surface area contributed by atoms with E-state index in [1.807, 2.05) is 6.92 Å². The second-order valence-electron chi connectivity index (χ2n) is 7.76. The molecule has 0 N–H and O–H groups in total. The Kier molecular flexibility index (Phi) is 6.20. The van der Waals surface area contributed by atoms with Crippen molar-refractivity contribution in [3.8, 4) is 11.1 Å². The van der Waals surface area contributed by atoms with E-state index in [-0.39, 0.29) is 17.3 Å². The quantitative estimate of drug-likeness (QED) is 0.271. The van der Waals surface area contributed by atoms with Crippen molar-refractivity contribution in [1.29, 1.82) is 0 Å². The molecule has 2 aromatic heterocycles. The summed E-state index contributed by atoms with van der Waals surface area (Å²) in [6.07, 6.45) is 7.20. The lowest BCUT2D eigenvalue weighted by Gasteiger charge is -2.23. The van der Waals surface area contributed by atoms with Gasteiger partial charge in [0.2, 0.25) is 0 Å². The van der Waals surface area contributed by atoms with E-state index in [4.69, 9.17) is 4.74 Å². The number of thiophene rings is 1. The molecule has 1 aliphatic carbocycles. The zero-order valence-electron chi connectivity index (χ0n) is 17.1. The van der Waals surface area contributed by atoms with Crippen LogP contribution in [0.5, 0.6) is 0 Å². The molecule has 0 saturated heterocycles. The standard InChI is InChI=1S/C23H26N2O2S2/c1-14-9-10-17(11-15(14)2)19-12-28-21-20(19)22(25-13-24-21)29-16(3)23(26)27-18-7-5-4-6-8-18/h9-13,16,18H,4-8H2,1-3H3. The first-order valence-corrected chi connectivity index (χ1v) is 12.0. The van der Waals surface area contributed by atoms with Gasteiger partial charge in [-0.2, -0.15) is 0 Å². The summed E-state index contributed by atoms with van der Waals surface area (Å²) in [5.41, 5.74) is 4.83. The van der Waals surface area contributed by atoms with Crippen molar-refractivity contribution in [1.82, 2.24) is 9.97 Å². The summed E-state index contributed by atoms with van der Waals surface area (Å²) in [6.45, 7) is 6.16. The highest BCUT2D eigenvalue weighted by Gasteiger charge is 2.24. The second-order valence-corrected chi connectivity index (χ2v) is 9.95. The van der Waals surface area contributed by atoms with E-state index in [0.717, 1.165) is 52.1 Å². The second kappa shape index (κ2) is 8.84. The van der Waals surface area contributed by atoms with Gasteiger partial charge >= 0.3 is 5.97 Å². The summed E-state index contributed by atoms with van der Waals surface area (Å²) in [5, 5.41) is 3.71. The molecule has 29 heavy (non-hydrogen) atoms. The summed E-state index contributed by atoms with van der Waals surface area (Å²) >= 11 is 3.09. The van der Waals surface area contributed by atoms with Gasteiger partial charge in [-0.1, -0.05) is 36.4 Å². The third kappa shape index (κ3) is 4.48. The Morgan fingerprint density at radius 2 is 1.97 bits per heavy atom. The molecule has 1 unspecified atom stereocenters. The van der Waals surface area contributed by atoms with Gasteiger partial charge in [0.1, 0.15) is 27.5 Å². The van der Waals surface area contributed by atoms with Crippen molar-refractivity contribution in [2.45, 2.75) is 69.3 Å². The normalized spacial score (nSPS) is 16.1. The number of ether oxygens (including phenoxy) is 1. The van der Waals surface area contributed by atoms with E-state index < -0.39 is 0 Å². The Morgan fingerprint density at radius 1 is 1.17 bits per heavy atom. The number of carbonyl (C=O) groups excluding carboxylic acids is 1. The number of carbonyl (C=O) groups is 1. The van der Waals surface area contributed by atoms with Gasteiger partial charge in [0, 0.05) is 10.9 Å². The summed E-state index contributed by atoms with van der Waals surface area (Å²) in [4.78, 5) is 22.6. The Morgan fingerprint density at radius 3 is 2.72 bits per heavy atom. The number of fused-ring (bicyclic) bond motifs is 1. The maximum Gasteiger partial charge on any atom is 0.319 e. The van der Waals surface area contributed by atoms with Crippen molar-refractivity contribution >= 4 is 39.3 Å². The maximum absolute atomic E-state index is 12.6. The van der Waals surface area contributed by atoms with Crippen LogP contribution in [0.3, 0.4) is 0 Å². The number of hydrogen-bond acceptors (Lipinski definition) is 6. The molecule has 6 heteroatoms. The number of nitrogens with zero attached hydrogens (tertiary/aromatic N) is 2. The lowest BCUT2D eigenvalue weighted by molar-refractivity contribution is -0.149. The molecule has 0 aliphatic heterocycles. The number of esters is 1. The molecule has 1 aliphatic rings. The predicted molar refractivity (Wildman–Crippen MR) is 121 cm³/mol. The van der Waals surface area contributed by atoms with Crippen LogP contribution in [0.1, 0.15) is 50.2 Å². The van der Waals surface area contributed by atoms with E-state index >= 15 is 0 Å². The van der Waals surface area contributed by atoms with Crippen molar-refractivity contribution in [3.05, 3.63) is 41.0 Å². The van der Waals surface area contributed by atoms with Gasteiger partial charge in [-0.25, -0.2) is 9.97 Å². The van der Waals surface area contributed by atoms with E-state index in [1.54, 1.807) is 17.7 Å². The highest BCUT2D eigenvalue weighted by molar-refractivity contribution is 8.00. The number of rotatable bonds is 5. The first-order chi connectivity index (χ1) is 14.0. The minimum atomic E-state index is -0.303. The van der Waals surface area contributed by atoms with E-state index in [1.165, 1.54) is 29.3 Å². The van der Waals surface area contributed by atoms with Crippen LogP contribution >= 0.6 is 23.1 Å². The predicted octanol–water partition coefficient (Wildman–Crippen LogP) is 6.33. The molecule has 0 radical (unpaired) electrons. The Bertz CT molecular complexity index is 1020. The fraction of sp³-hybridized carbons (Fsp3) is 0.435. The molecule has 0 spiro atoms. The Labute approximate surface area is 180 Å². The highest BCUT2D eigenvalue weighted by Crippen LogP contribution is 2.39. The van der Waals surface area contributed by atoms with Crippen LogP contribution < -0.4 is 0 Å². The summed E-state index contributed by atoms with van der Waals surface area (Å²) < 4.78 is 5.76. The first-order valence-electron chi connectivity index (χ1n) is 10.2. The molecule has 1 atom stereocenters. The van der Waals surface area contributed by atoms with Crippen molar-refractivity contribution in [2.75, 3.05) is 0 Å². The molecule has 3 aromatic rings. The van der Waals surface area contributed by atoms with Crippen LogP contribution in [0, 0.1) is 13.8 Å².